The van der Waals surface area contributed by atoms with Crippen molar-refractivity contribution in [1.82, 2.24) is 10.2 Å². The molecule has 1 saturated heterocycles. The molecule has 1 fully saturated rings. The van der Waals surface area contributed by atoms with E-state index in [2.05, 4.69) is 5.32 Å². The molecule has 20 heavy (non-hydrogen) atoms. The van der Waals surface area contributed by atoms with Crippen LogP contribution in [0.2, 0.25) is 0 Å². The van der Waals surface area contributed by atoms with Crippen molar-refractivity contribution in [1.29, 1.82) is 0 Å². The average molecular weight is 274 g/mol. The number of hydrogen-bond donors (Lipinski definition) is 1. The summed E-state index contributed by atoms with van der Waals surface area (Å²) in [4.78, 5) is 26.0. The normalized spacial score (nSPS) is 22.4. The summed E-state index contributed by atoms with van der Waals surface area (Å²) >= 11 is 0. The van der Waals surface area contributed by atoms with Gasteiger partial charge < -0.3 is 10.2 Å². The van der Waals surface area contributed by atoms with E-state index >= 15 is 0 Å². The summed E-state index contributed by atoms with van der Waals surface area (Å²) in [5, 5.41) is 2.92. The molecule has 4 heteroatoms. The molecule has 1 aliphatic heterocycles. The van der Waals surface area contributed by atoms with Crippen molar-refractivity contribution in [3.63, 3.8) is 0 Å². The highest BCUT2D eigenvalue weighted by atomic mass is 16.2. The fourth-order valence-corrected chi connectivity index (χ4v) is 2.72. The molecule has 1 N–H and O–H groups in total. The average Bonchev–Trinajstić information content (AvgIpc) is 2.67. The number of carbonyl (C=O) groups excluding carboxylic acids is 2. The summed E-state index contributed by atoms with van der Waals surface area (Å²) in [7, 11) is 1.77. The van der Waals surface area contributed by atoms with E-state index in [1.807, 2.05) is 45.0 Å². The maximum Gasteiger partial charge on any atom is 0.226 e. The zero-order valence-corrected chi connectivity index (χ0v) is 12.5. The van der Waals surface area contributed by atoms with E-state index in [0.29, 0.717) is 0 Å². The maximum atomic E-state index is 12.3. The van der Waals surface area contributed by atoms with Gasteiger partial charge in [0.05, 0.1) is 12.0 Å². The SMILES string of the molecule is Cc1ccc(C2C(C(=O)NC(C)C)CC(=O)N2C)cc1. The molecule has 0 aliphatic carbocycles. The molecule has 1 aliphatic rings. The number of hydrogen-bond acceptors (Lipinski definition) is 2. The van der Waals surface area contributed by atoms with Gasteiger partial charge in [0.15, 0.2) is 0 Å². The van der Waals surface area contributed by atoms with Crippen molar-refractivity contribution < 1.29 is 9.59 Å². The van der Waals surface area contributed by atoms with E-state index < -0.39 is 0 Å². The van der Waals surface area contributed by atoms with Gasteiger partial charge in [-0.15, -0.1) is 0 Å². The van der Waals surface area contributed by atoms with E-state index in [0.717, 1.165) is 5.56 Å². The van der Waals surface area contributed by atoms with Crippen LogP contribution in [0.4, 0.5) is 0 Å². The molecule has 0 radical (unpaired) electrons. The fourth-order valence-electron chi connectivity index (χ4n) is 2.72. The first kappa shape index (κ1) is 14.6. The molecule has 4 nitrogen and oxygen atoms in total. The number of likely N-dealkylation sites (tertiary alicyclic amines) is 1. The van der Waals surface area contributed by atoms with Crippen molar-refractivity contribution in [3.05, 3.63) is 35.4 Å². The minimum Gasteiger partial charge on any atom is -0.354 e. The molecule has 2 amide bonds. The number of nitrogens with one attached hydrogen (secondary N) is 1. The first-order valence-electron chi connectivity index (χ1n) is 7.02. The van der Waals surface area contributed by atoms with Crippen LogP contribution in [0.5, 0.6) is 0 Å². The van der Waals surface area contributed by atoms with Crippen molar-refractivity contribution in [2.75, 3.05) is 7.05 Å². The van der Waals surface area contributed by atoms with E-state index in [4.69, 9.17) is 0 Å². The molecule has 0 spiro atoms. The Bertz CT molecular complexity index is 508. The third kappa shape index (κ3) is 2.84. The number of nitrogens with zero attached hydrogens (tertiary/aromatic N) is 1. The molecule has 1 aromatic carbocycles. The Morgan fingerprint density at radius 2 is 1.90 bits per heavy atom. The van der Waals surface area contributed by atoms with Crippen LogP contribution < -0.4 is 5.32 Å². The predicted molar refractivity (Wildman–Crippen MR) is 78.1 cm³/mol. The molecule has 108 valence electrons. The van der Waals surface area contributed by atoms with Gasteiger partial charge in [0, 0.05) is 19.5 Å². The van der Waals surface area contributed by atoms with Crippen LogP contribution in [-0.2, 0) is 9.59 Å². The van der Waals surface area contributed by atoms with Gasteiger partial charge in [-0.3, -0.25) is 9.59 Å². The second-order valence-electron chi connectivity index (χ2n) is 5.83. The zero-order chi connectivity index (χ0) is 14.9. The Morgan fingerprint density at radius 1 is 1.30 bits per heavy atom. The molecule has 1 heterocycles. The van der Waals surface area contributed by atoms with Gasteiger partial charge in [-0.25, -0.2) is 0 Å². The highest BCUT2D eigenvalue weighted by Crippen LogP contribution is 2.37. The molecule has 2 rings (SSSR count). The Labute approximate surface area is 120 Å². The Hall–Kier alpha value is -1.84. The van der Waals surface area contributed by atoms with Crippen LogP contribution in [0.25, 0.3) is 0 Å². The second-order valence-corrected chi connectivity index (χ2v) is 5.83. The quantitative estimate of drug-likeness (QED) is 0.917. The smallest absolute Gasteiger partial charge is 0.226 e. The van der Waals surface area contributed by atoms with Crippen LogP contribution in [0, 0.1) is 12.8 Å². The van der Waals surface area contributed by atoms with E-state index in [1.165, 1.54) is 5.56 Å². The second kappa shape index (κ2) is 5.65. The third-order valence-electron chi connectivity index (χ3n) is 3.77. The molecule has 2 atom stereocenters. The number of aryl methyl sites for hydroxylation is 1. The summed E-state index contributed by atoms with van der Waals surface area (Å²) in [6.07, 6.45) is 0.285. The van der Waals surface area contributed by atoms with Crippen LogP contribution in [0.15, 0.2) is 24.3 Å². The van der Waals surface area contributed by atoms with Gasteiger partial charge >= 0.3 is 0 Å². The van der Waals surface area contributed by atoms with Crippen molar-refractivity contribution >= 4 is 11.8 Å². The molecular weight excluding hydrogens is 252 g/mol. The third-order valence-corrected chi connectivity index (χ3v) is 3.77. The minimum absolute atomic E-state index is 0.0273. The van der Waals surface area contributed by atoms with Crippen molar-refractivity contribution in [2.24, 2.45) is 5.92 Å². The topological polar surface area (TPSA) is 49.4 Å². The van der Waals surface area contributed by atoms with Crippen molar-refractivity contribution in [2.45, 2.75) is 39.3 Å². The fraction of sp³-hybridized carbons (Fsp3) is 0.500. The van der Waals surface area contributed by atoms with Crippen LogP contribution >= 0.6 is 0 Å². The monoisotopic (exact) mass is 274 g/mol. The molecule has 0 bridgehead atoms. The van der Waals surface area contributed by atoms with E-state index in [-0.39, 0.29) is 36.2 Å². The lowest BCUT2D eigenvalue weighted by Gasteiger charge is -2.25. The Morgan fingerprint density at radius 3 is 2.45 bits per heavy atom. The summed E-state index contributed by atoms with van der Waals surface area (Å²) in [5.74, 6) is -0.319. The molecule has 0 saturated carbocycles. The summed E-state index contributed by atoms with van der Waals surface area (Å²) in [6, 6.07) is 7.96. The molecule has 1 aromatic rings. The first-order valence-corrected chi connectivity index (χ1v) is 7.02. The summed E-state index contributed by atoms with van der Waals surface area (Å²) in [5.41, 5.74) is 2.19. The number of rotatable bonds is 3. The van der Waals surface area contributed by atoms with Crippen LogP contribution in [-0.4, -0.2) is 29.8 Å². The maximum absolute atomic E-state index is 12.3. The Balaban J connectivity index is 2.28. The van der Waals surface area contributed by atoms with E-state index in [1.54, 1.807) is 11.9 Å². The van der Waals surface area contributed by atoms with E-state index in [9.17, 15) is 9.59 Å². The standard InChI is InChI=1S/C16H22N2O2/c1-10(2)17-16(20)13-9-14(19)18(4)15(13)12-7-5-11(3)6-8-12/h5-8,10,13,15H,9H2,1-4H3,(H,17,20). The number of carbonyl (C=O) groups is 2. The predicted octanol–water partition coefficient (Wildman–Crippen LogP) is 2.04. The zero-order valence-electron chi connectivity index (χ0n) is 12.5. The molecule has 2 unspecified atom stereocenters. The van der Waals surface area contributed by atoms with Crippen molar-refractivity contribution in [3.8, 4) is 0 Å². The Kier molecular flexibility index (Phi) is 4.12. The van der Waals surface area contributed by atoms with Gasteiger partial charge in [-0.05, 0) is 26.3 Å². The van der Waals surface area contributed by atoms with Gasteiger partial charge in [-0.2, -0.15) is 0 Å². The van der Waals surface area contributed by atoms with Gasteiger partial charge in [0.2, 0.25) is 11.8 Å². The highest BCUT2D eigenvalue weighted by Gasteiger charge is 2.42. The first-order chi connectivity index (χ1) is 9.40. The van der Waals surface area contributed by atoms with Gasteiger partial charge in [0.1, 0.15) is 0 Å². The number of benzene rings is 1. The minimum atomic E-state index is -0.308. The van der Waals surface area contributed by atoms with Crippen LogP contribution in [0.1, 0.15) is 37.4 Å². The van der Waals surface area contributed by atoms with Gasteiger partial charge in [0.25, 0.3) is 0 Å². The molecule has 0 aromatic heterocycles. The lowest BCUT2D eigenvalue weighted by atomic mass is 9.92. The highest BCUT2D eigenvalue weighted by molar-refractivity contribution is 5.90. The summed E-state index contributed by atoms with van der Waals surface area (Å²) in [6.45, 7) is 5.88. The lowest BCUT2D eigenvalue weighted by molar-refractivity contribution is -0.128. The van der Waals surface area contributed by atoms with Gasteiger partial charge in [-0.1, -0.05) is 29.8 Å². The summed E-state index contributed by atoms with van der Waals surface area (Å²) < 4.78 is 0. The lowest BCUT2D eigenvalue weighted by Crippen LogP contribution is -2.38. The van der Waals surface area contributed by atoms with Crippen LogP contribution in [0.3, 0.4) is 0 Å². The largest absolute Gasteiger partial charge is 0.354 e. The molecular formula is C16H22N2O2. The number of amides is 2.